The van der Waals surface area contributed by atoms with Gasteiger partial charge in [0.15, 0.2) is 0 Å². The molecule has 1 amide bonds. The van der Waals surface area contributed by atoms with Gasteiger partial charge >= 0.3 is 0 Å². The van der Waals surface area contributed by atoms with Gasteiger partial charge in [-0.25, -0.2) is 9.37 Å². The van der Waals surface area contributed by atoms with Crippen LogP contribution in [0.25, 0.3) is 5.65 Å². The average molecular weight is 339 g/mol. The van der Waals surface area contributed by atoms with Gasteiger partial charge in [-0.2, -0.15) is 0 Å². The van der Waals surface area contributed by atoms with Crippen molar-refractivity contribution in [2.24, 2.45) is 0 Å². The SMILES string of the molecule is CCCc1nc2ccc(F)cn2c1C(=O)Nc1c(C)cc(C)cc1C. The molecule has 2 heterocycles. The average Bonchev–Trinajstić information content (AvgIpc) is 2.88. The van der Waals surface area contributed by atoms with Crippen molar-refractivity contribution in [2.45, 2.75) is 40.5 Å². The number of hydrogen-bond donors (Lipinski definition) is 1. The Kier molecular flexibility index (Phi) is 4.57. The number of rotatable bonds is 4. The maximum Gasteiger partial charge on any atom is 0.274 e. The first kappa shape index (κ1) is 17.1. The van der Waals surface area contributed by atoms with E-state index in [1.807, 2.05) is 39.8 Å². The summed E-state index contributed by atoms with van der Waals surface area (Å²) >= 11 is 0. The highest BCUT2D eigenvalue weighted by atomic mass is 19.1. The molecule has 2 aromatic heterocycles. The maximum atomic E-state index is 13.7. The van der Waals surface area contributed by atoms with Crippen molar-refractivity contribution in [3.05, 3.63) is 64.4 Å². The molecule has 0 bridgehead atoms. The Balaban J connectivity index is 2.07. The minimum absolute atomic E-state index is 0.267. The molecule has 0 unspecified atom stereocenters. The monoisotopic (exact) mass is 339 g/mol. The first-order valence-electron chi connectivity index (χ1n) is 8.46. The summed E-state index contributed by atoms with van der Waals surface area (Å²) in [5.41, 5.74) is 5.61. The highest BCUT2D eigenvalue weighted by Crippen LogP contribution is 2.24. The fourth-order valence-corrected chi connectivity index (χ4v) is 3.27. The van der Waals surface area contributed by atoms with E-state index in [2.05, 4.69) is 10.3 Å². The fraction of sp³-hybridized carbons (Fsp3) is 0.300. The van der Waals surface area contributed by atoms with Crippen LogP contribution in [0.1, 0.15) is 46.2 Å². The van der Waals surface area contributed by atoms with E-state index in [-0.39, 0.29) is 5.91 Å². The Morgan fingerprint density at radius 1 is 1.20 bits per heavy atom. The van der Waals surface area contributed by atoms with E-state index >= 15 is 0 Å². The lowest BCUT2D eigenvalue weighted by atomic mass is 10.0. The van der Waals surface area contributed by atoms with Crippen LogP contribution in [-0.4, -0.2) is 15.3 Å². The predicted molar refractivity (Wildman–Crippen MR) is 97.8 cm³/mol. The number of fused-ring (bicyclic) bond motifs is 1. The maximum absolute atomic E-state index is 13.7. The van der Waals surface area contributed by atoms with Crippen molar-refractivity contribution in [1.82, 2.24) is 9.38 Å². The third-order valence-corrected chi connectivity index (χ3v) is 4.27. The molecule has 1 aromatic carbocycles. The van der Waals surface area contributed by atoms with E-state index in [4.69, 9.17) is 0 Å². The van der Waals surface area contributed by atoms with Gasteiger partial charge in [0.2, 0.25) is 0 Å². The van der Waals surface area contributed by atoms with Crippen LogP contribution in [0.2, 0.25) is 0 Å². The van der Waals surface area contributed by atoms with E-state index in [9.17, 15) is 9.18 Å². The topological polar surface area (TPSA) is 46.4 Å². The van der Waals surface area contributed by atoms with Crippen molar-refractivity contribution in [1.29, 1.82) is 0 Å². The quantitative estimate of drug-likeness (QED) is 0.755. The molecular formula is C20H22FN3O. The normalized spacial score (nSPS) is 11.1. The van der Waals surface area contributed by atoms with E-state index in [0.717, 1.165) is 28.8 Å². The van der Waals surface area contributed by atoms with E-state index < -0.39 is 5.82 Å². The van der Waals surface area contributed by atoms with Gasteiger partial charge in [0.05, 0.1) is 5.69 Å². The lowest BCUT2D eigenvalue weighted by Gasteiger charge is -2.13. The third-order valence-electron chi connectivity index (χ3n) is 4.27. The number of aromatic nitrogens is 2. The molecule has 0 spiro atoms. The van der Waals surface area contributed by atoms with Crippen molar-refractivity contribution >= 4 is 17.2 Å². The van der Waals surface area contributed by atoms with Crippen LogP contribution in [0, 0.1) is 26.6 Å². The summed E-state index contributed by atoms with van der Waals surface area (Å²) in [6, 6.07) is 7.01. The van der Waals surface area contributed by atoms with Gasteiger partial charge in [-0.3, -0.25) is 9.20 Å². The van der Waals surface area contributed by atoms with Crippen LogP contribution in [0.4, 0.5) is 10.1 Å². The summed E-state index contributed by atoms with van der Waals surface area (Å²) < 4.78 is 15.2. The number of carbonyl (C=O) groups excluding carboxylic acids is 1. The summed E-state index contributed by atoms with van der Waals surface area (Å²) in [6.07, 6.45) is 2.83. The molecule has 25 heavy (non-hydrogen) atoms. The van der Waals surface area contributed by atoms with Gasteiger partial charge in [0, 0.05) is 11.9 Å². The number of carbonyl (C=O) groups is 1. The molecule has 0 aliphatic carbocycles. The van der Waals surface area contributed by atoms with Crippen molar-refractivity contribution in [3.63, 3.8) is 0 Å². The van der Waals surface area contributed by atoms with Gasteiger partial charge in [-0.05, 0) is 50.5 Å². The lowest BCUT2D eigenvalue weighted by Crippen LogP contribution is -2.18. The van der Waals surface area contributed by atoms with Gasteiger partial charge in [0.25, 0.3) is 5.91 Å². The van der Waals surface area contributed by atoms with Crippen LogP contribution in [0.5, 0.6) is 0 Å². The fourth-order valence-electron chi connectivity index (χ4n) is 3.27. The molecule has 0 fully saturated rings. The largest absolute Gasteiger partial charge is 0.320 e. The van der Waals surface area contributed by atoms with Gasteiger partial charge < -0.3 is 5.32 Å². The van der Waals surface area contributed by atoms with E-state index in [1.54, 1.807) is 6.07 Å². The molecule has 3 aromatic rings. The van der Waals surface area contributed by atoms with Crippen LogP contribution in [0.3, 0.4) is 0 Å². The van der Waals surface area contributed by atoms with Crippen molar-refractivity contribution in [3.8, 4) is 0 Å². The minimum Gasteiger partial charge on any atom is -0.320 e. The highest BCUT2D eigenvalue weighted by molar-refractivity contribution is 6.05. The molecule has 0 aliphatic heterocycles. The number of aryl methyl sites for hydroxylation is 4. The first-order valence-corrected chi connectivity index (χ1v) is 8.46. The first-order chi connectivity index (χ1) is 11.9. The molecule has 0 radical (unpaired) electrons. The number of halogens is 1. The van der Waals surface area contributed by atoms with Gasteiger partial charge in [0.1, 0.15) is 17.2 Å². The van der Waals surface area contributed by atoms with E-state index in [1.165, 1.54) is 16.7 Å². The number of hydrogen-bond acceptors (Lipinski definition) is 2. The summed E-state index contributed by atoms with van der Waals surface area (Å²) in [6.45, 7) is 7.99. The Labute approximate surface area is 146 Å². The molecule has 0 atom stereocenters. The standard InChI is InChI=1S/C20H22FN3O/c1-5-6-16-19(24-11-15(21)7-8-17(24)22-16)20(25)23-18-13(3)9-12(2)10-14(18)4/h7-11H,5-6H2,1-4H3,(H,23,25). The van der Waals surface area contributed by atoms with Gasteiger partial charge in [-0.15, -0.1) is 0 Å². The number of imidazole rings is 1. The third kappa shape index (κ3) is 3.27. The molecule has 3 rings (SSSR count). The summed E-state index contributed by atoms with van der Waals surface area (Å²) in [7, 11) is 0. The summed E-state index contributed by atoms with van der Waals surface area (Å²) in [4.78, 5) is 17.5. The Morgan fingerprint density at radius 2 is 1.88 bits per heavy atom. The molecule has 4 nitrogen and oxygen atoms in total. The number of nitrogens with one attached hydrogen (secondary N) is 1. The van der Waals surface area contributed by atoms with Gasteiger partial charge in [-0.1, -0.05) is 31.0 Å². The van der Waals surface area contributed by atoms with Crippen molar-refractivity contribution < 1.29 is 9.18 Å². The summed E-state index contributed by atoms with van der Waals surface area (Å²) in [5, 5.41) is 3.00. The second-order valence-corrected chi connectivity index (χ2v) is 6.46. The summed E-state index contributed by atoms with van der Waals surface area (Å²) in [5.74, 6) is -0.665. The number of benzene rings is 1. The molecular weight excluding hydrogens is 317 g/mol. The number of amides is 1. The number of nitrogens with zero attached hydrogens (tertiary/aromatic N) is 2. The highest BCUT2D eigenvalue weighted by Gasteiger charge is 2.20. The zero-order valence-electron chi connectivity index (χ0n) is 15.0. The van der Waals surface area contributed by atoms with Crippen LogP contribution in [-0.2, 0) is 6.42 Å². The zero-order chi connectivity index (χ0) is 18.1. The molecule has 0 saturated carbocycles. The number of pyridine rings is 1. The number of anilines is 1. The molecule has 1 N–H and O–H groups in total. The molecule has 130 valence electrons. The van der Waals surface area contributed by atoms with Crippen molar-refractivity contribution in [2.75, 3.05) is 5.32 Å². The smallest absolute Gasteiger partial charge is 0.274 e. The molecule has 0 aliphatic rings. The minimum atomic E-state index is -0.398. The van der Waals surface area contributed by atoms with Crippen LogP contribution in [0.15, 0.2) is 30.5 Å². The second-order valence-electron chi connectivity index (χ2n) is 6.46. The second kappa shape index (κ2) is 6.67. The predicted octanol–water partition coefficient (Wildman–Crippen LogP) is 4.60. The Hall–Kier alpha value is -2.69. The zero-order valence-corrected chi connectivity index (χ0v) is 15.0. The Bertz CT molecular complexity index is 936. The Morgan fingerprint density at radius 3 is 2.52 bits per heavy atom. The molecule has 0 saturated heterocycles. The lowest BCUT2D eigenvalue weighted by molar-refractivity contribution is 0.102. The molecule has 5 heteroatoms. The van der Waals surface area contributed by atoms with Crippen LogP contribution < -0.4 is 5.32 Å². The van der Waals surface area contributed by atoms with Crippen LogP contribution >= 0.6 is 0 Å². The van der Waals surface area contributed by atoms with E-state index in [0.29, 0.717) is 23.5 Å².